The van der Waals surface area contributed by atoms with Crippen molar-refractivity contribution in [3.05, 3.63) is 12.2 Å². The summed E-state index contributed by atoms with van der Waals surface area (Å²) in [6.07, 6.45) is 33.0. The highest BCUT2D eigenvalue weighted by Gasteiger charge is 1.97. The molecule has 2 nitrogen and oxygen atoms in total. The van der Waals surface area contributed by atoms with Crippen molar-refractivity contribution in [2.75, 3.05) is 0 Å². The minimum atomic E-state index is -0.652. The Balaban J connectivity index is 3.05. The molecule has 0 aliphatic heterocycles. The van der Waals surface area contributed by atoms with Crippen LogP contribution < -0.4 is 0 Å². The lowest BCUT2D eigenvalue weighted by molar-refractivity contribution is -0.137. The topological polar surface area (TPSA) is 37.3 Å². The van der Waals surface area contributed by atoms with Crippen LogP contribution in [-0.4, -0.2) is 11.1 Å². The number of carbonyl (C=O) groups is 1. The second kappa shape index (κ2) is 24.2. The number of rotatable bonds is 23. The Labute approximate surface area is 176 Å². The Bertz CT molecular complexity index is 335. The molecule has 166 valence electrons. The van der Waals surface area contributed by atoms with Crippen molar-refractivity contribution in [3.8, 4) is 0 Å². The molecule has 0 saturated heterocycles. The first-order valence-corrected chi connectivity index (χ1v) is 12.6. The zero-order chi connectivity index (χ0) is 20.5. The molecular weight excluding hydrogens is 344 g/mol. The molecule has 0 bridgehead atoms. The predicted octanol–water partition coefficient (Wildman–Crippen LogP) is 9.23. The summed E-state index contributed by atoms with van der Waals surface area (Å²) in [5.41, 5.74) is 0. The van der Waals surface area contributed by atoms with E-state index in [9.17, 15) is 4.79 Å². The fourth-order valence-corrected chi connectivity index (χ4v) is 3.76. The Morgan fingerprint density at radius 1 is 0.536 bits per heavy atom. The summed E-state index contributed by atoms with van der Waals surface area (Å²) in [7, 11) is 0. The number of carboxylic acids is 1. The van der Waals surface area contributed by atoms with E-state index < -0.39 is 5.97 Å². The van der Waals surface area contributed by atoms with Crippen LogP contribution in [0, 0.1) is 0 Å². The van der Waals surface area contributed by atoms with E-state index in [2.05, 4.69) is 19.1 Å². The predicted molar refractivity (Wildman–Crippen MR) is 124 cm³/mol. The number of unbranched alkanes of at least 4 members (excludes halogenated alkanes) is 19. The van der Waals surface area contributed by atoms with Crippen molar-refractivity contribution in [1.82, 2.24) is 0 Å². The maximum Gasteiger partial charge on any atom is 0.303 e. The highest BCUT2D eigenvalue weighted by Crippen LogP contribution is 2.14. The third kappa shape index (κ3) is 25.2. The van der Waals surface area contributed by atoms with Gasteiger partial charge in [0.25, 0.3) is 0 Å². The molecule has 0 unspecified atom stereocenters. The maximum absolute atomic E-state index is 10.4. The molecule has 0 aromatic carbocycles. The summed E-state index contributed by atoms with van der Waals surface area (Å²) in [6, 6.07) is 0. The van der Waals surface area contributed by atoms with E-state index in [0.29, 0.717) is 6.42 Å². The molecule has 0 aromatic heterocycles. The summed E-state index contributed by atoms with van der Waals surface area (Å²) in [4.78, 5) is 10.4. The summed E-state index contributed by atoms with van der Waals surface area (Å²) in [6.45, 7) is 2.28. The highest BCUT2D eigenvalue weighted by atomic mass is 16.4. The highest BCUT2D eigenvalue weighted by molar-refractivity contribution is 5.66. The van der Waals surface area contributed by atoms with Gasteiger partial charge in [-0.05, 0) is 32.1 Å². The van der Waals surface area contributed by atoms with E-state index >= 15 is 0 Å². The molecule has 0 atom stereocenters. The summed E-state index contributed by atoms with van der Waals surface area (Å²) in [5.74, 6) is -0.652. The molecule has 0 heterocycles. The molecule has 0 aliphatic carbocycles. The maximum atomic E-state index is 10.4. The molecule has 0 aliphatic rings. The molecule has 2 heteroatoms. The minimum Gasteiger partial charge on any atom is -0.481 e. The number of aliphatic carboxylic acids is 1. The van der Waals surface area contributed by atoms with E-state index in [1.54, 1.807) is 0 Å². The van der Waals surface area contributed by atoms with Gasteiger partial charge in [-0.1, -0.05) is 122 Å². The van der Waals surface area contributed by atoms with Crippen LogP contribution in [0.2, 0.25) is 0 Å². The fraction of sp³-hybridized carbons (Fsp3) is 0.885. The lowest BCUT2D eigenvalue weighted by Crippen LogP contribution is -1.93. The number of hydrogen-bond donors (Lipinski definition) is 1. The Hall–Kier alpha value is -0.790. The van der Waals surface area contributed by atoms with E-state index in [4.69, 9.17) is 5.11 Å². The van der Waals surface area contributed by atoms with Gasteiger partial charge in [0.15, 0.2) is 0 Å². The molecule has 0 amide bonds. The lowest BCUT2D eigenvalue weighted by Gasteiger charge is -2.03. The number of carboxylic acid groups (broad SMARTS) is 1. The van der Waals surface area contributed by atoms with Crippen LogP contribution in [0.15, 0.2) is 12.2 Å². The Kier molecular flexibility index (Phi) is 23.6. The molecule has 0 saturated carbocycles. The monoisotopic (exact) mass is 394 g/mol. The van der Waals surface area contributed by atoms with Gasteiger partial charge in [0.05, 0.1) is 0 Å². The van der Waals surface area contributed by atoms with Crippen molar-refractivity contribution in [2.24, 2.45) is 0 Å². The van der Waals surface area contributed by atoms with Crippen LogP contribution in [0.3, 0.4) is 0 Å². The Morgan fingerprint density at radius 3 is 1.21 bits per heavy atom. The number of allylic oxidation sites excluding steroid dienone is 2. The van der Waals surface area contributed by atoms with Crippen molar-refractivity contribution in [3.63, 3.8) is 0 Å². The normalized spacial score (nSPS) is 11.5. The molecule has 0 rings (SSSR count). The smallest absolute Gasteiger partial charge is 0.303 e. The van der Waals surface area contributed by atoms with Crippen molar-refractivity contribution in [1.29, 1.82) is 0 Å². The van der Waals surface area contributed by atoms with Gasteiger partial charge in [0.1, 0.15) is 0 Å². The van der Waals surface area contributed by atoms with Crippen LogP contribution in [0.1, 0.15) is 148 Å². The van der Waals surface area contributed by atoms with E-state index in [1.165, 1.54) is 122 Å². The molecular formula is C26H50O2. The van der Waals surface area contributed by atoms with Crippen LogP contribution in [-0.2, 0) is 4.79 Å². The van der Waals surface area contributed by atoms with E-state index in [0.717, 1.165) is 12.8 Å². The molecule has 0 spiro atoms. The van der Waals surface area contributed by atoms with E-state index in [-0.39, 0.29) is 0 Å². The van der Waals surface area contributed by atoms with Crippen molar-refractivity contribution < 1.29 is 9.90 Å². The minimum absolute atomic E-state index is 0.343. The van der Waals surface area contributed by atoms with Gasteiger partial charge in [-0.25, -0.2) is 0 Å². The number of hydrogen-bond acceptors (Lipinski definition) is 1. The van der Waals surface area contributed by atoms with Gasteiger partial charge in [0, 0.05) is 6.42 Å². The summed E-state index contributed by atoms with van der Waals surface area (Å²) < 4.78 is 0. The summed E-state index contributed by atoms with van der Waals surface area (Å²) >= 11 is 0. The van der Waals surface area contributed by atoms with Gasteiger partial charge in [-0.3, -0.25) is 4.79 Å². The molecule has 0 radical (unpaired) electrons. The first-order chi connectivity index (χ1) is 13.8. The average molecular weight is 395 g/mol. The SMILES string of the molecule is CCCCCCCC=CCCCCCCCCCCCCCCCCC(=O)O. The average Bonchev–Trinajstić information content (AvgIpc) is 2.68. The van der Waals surface area contributed by atoms with Crippen LogP contribution in [0.25, 0.3) is 0 Å². The third-order valence-corrected chi connectivity index (χ3v) is 5.65. The first-order valence-electron chi connectivity index (χ1n) is 12.6. The first kappa shape index (κ1) is 27.2. The van der Waals surface area contributed by atoms with Gasteiger partial charge in [-0.15, -0.1) is 0 Å². The molecule has 28 heavy (non-hydrogen) atoms. The quantitative estimate of drug-likeness (QED) is 0.138. The largest absolute Gasteiger partial charge is 0.481 e. The zero-order valence-corrected chi connectivity index (χ0v) is 19.1. The fourth-order valence-electron chi connectivity index (χ4n) is 3.76. The Morgan fingerprint density at radius 2 is 0.857 bits per heavy atom. The van der Waals surface area contributed by atoms with Gasteiger partial charge < -0.3 is 5.11 Å². The third-order valence-electron chi connectivity index (χ3n) is 5.65. The molecule has 0 fully saturated rings. The van der Waals surface area contributed by atoms with Crippen molar-refractivity contribution >= 4 is 5.97 Å². The summed E-state index contributed by atoms with van der Waals surface area (Å²) in [5, 5.41) is 8.58. The zero-order valence-electron chi connectivity index (χ0n) is 19.1. The second-order valence-electron chi connectivity index (χ2n) is 8.56. The van der Waals surface area contributed by atoms with Gasteiger partial charge in [-0.2, -0.15) is 0 Å². The molecule has 0 aromatic rings. The van der Waals surface area contributed by atoms with E-state index in [1.807, 2.05) is 0 Å². The van der Waals surface area contributed by atoms with Gasteiger partial charge in [0.2, 0.25) is 0 Å². The lowest BCUT2D eigenvalue weighted by atomic mass is 10.0. The van der Waals surface area contributed by atoms with Crippen LogP contribution in [0.5, 0.6) is 0 Å². The van der Waals surface area contributed by atoms with Crippen LogP contribution in [0.4, 0.5) is 0 Å². The molecule has 1 N–H and O–H groups in total. The van der Waals surface area contributed by atoms with Crippen LogP contribution >= 0.6 is 0 Å². The second-order valence-corrected chi connectivity index (χ2v) is 8.56. The van der Waals surface area contributed by atoms with Crippen molar-refractivity contribution in [2.45, 2.75) is 148 Å². The van der Waals surface area contributed by atoms with Gasteiger partial charge >= 0.3 is 5.97 Å². The standard InChI is InChI=1S/C26H50O2/c1-2-3-4-5-6-7-8-9-10-11-12-13-14-15-16-17-18-19-20-21-22-23-24-25-26(27)28/h8-9H,2-7,10-25H2,1H3,(H,27,28).